The minimum absolute atomic E-state index is 0.547. The second kappa shape index (κ2) is 7.08. The normalized spacial score (nSPS) is 13.1. The van der Waals surface area contributed by atoms with Gasteiger partial charge in [0.15, 0.2) is 0 Å². The summed E-state index contributed by atoms with van der Waals surface area (Å²) < 4.78 is 0. The van der Waals surface area contributed by atoms with E-state index in [1.54, 1.807) is 0 Å². The van der Waals surface area contributed by atoms with Gasteiger partial charge in [-0.3, -0.25) is 0 Å². The van der Waals surface area contributed by atoms with E-state index in [4.69, 9.17) is 0 Å². The molecule has 0 amide bonds. The molecule has 2 heteroatoms. The van der Waals surface area contributed by atoms with Gasteiger partial charge in [0.1, 0.15) is 0 Å². The first kappa shape index (κ1) is 13.7. The van der Waals surface area contributed by atoms with Crippen molar-refractivity contribution in [2.75, 3.05) is 5.33 Å². The molecular weight excluding hydrogens is 262 g/mol. The molecule has 0 fully saturated rings. The van der Waals surface area contributed by atoms with Gasteiger partial charge in [-0.05, 0) is 23.5 Å². The standard InChI is InChI=1S/C14H22BrN/c1-4-12-5-7-13(8-6-12)10-16-14(9-15)11(2)3/h5-8,11,14,16H,4,9-10H2,1-3H3. The van der Waals surface area contributed by atoms with Gasteiger partial charge in [0, 0.05) is 17.9 Å². The second-order valence-electron chi connectivity index (χ2n) is 4.56. The van der Waals surface area contributed by atoms with Crippen LogP contribution in [0.5, 0.6) is 0 Å². The number of nitrogens with one attached hydrogen (secondary N) is 1. The van der Waals surface area contributed by atoms with Crippen LogP contribution in [0.1, 0.15) is 31.9 Å². The number of rotatable bonds is 6. The van der Waals surface area contributed by atoms with E-state index < -0.39 is 0 Å². The molecular formula is C14H22BrN. The monoisotopic (exact) mass is 283 g/mol. The summed E-state index contributed by atoms with van der Waals surface area (Å²) >= 11 is 3.55. The van der Waals surface area contributed by atoms with Crippen molar-refractivity contribution in [3.05, 3.63) is 35.4 Å². The Balaban J connectivity index is 2.47. The van der Waals surface area contributed by atoms with Crippen molar-refractivity contribution >= 4 is 15.9 Å². The Hall–Kier alpha value is -0.340. The number of aryl methyl sites for hydroxylation is 1. The van der Waals surface area contributed by atoms with Crippen LogP contribution < -0.4 is 5.32 Å². The fourth-order valence-corrected chi connectivity index (χ4v) is 2.59. The first-order valence-electron chi connectivity index (χ1n) is 6.04. The largest absolute Gasteiger partial charge is 0.309 e. The molecule has 1 nitrogen and oxygen atoms in total. The molecule has 0 spiro atoms. The van der Waals surface area contributed by atoms with Crippen LogP contribution >= 0.6 is 15.9 Å². The Kier molecular flexibility index (Phi) is 6.07. The van der Waals surface area contributed by atoms with Gasteiger partial charge in [-0.15, -0.1) is 0 Å². The molecule has 0 aliphatic rings. The Morgan fingerprint density at radius 3 is 2.12 bits per heavy atom. The summed E-state index contributed by atoms with van der Waals surface area (Å²) in [6, 6.07) is 9.42. The van der Waals surface area contributed by atoms with Crippen LogP contribution in [0, 0.1) is 5.92 Å². The minimum atomic E-state index is 0.547. The molecule has 0 aromatic heterocycles. The maximum absolute atomic E-state index is 3.58. The van der Waals surface area contributed by atoms with Crippen LogP contribution in [-0.4, -0.2) is 11.4 Å². The highest BCUT2D eigenvalue weighted by Gasteiger charge is 2.10. The van der Waals surface area contributed by atoms with E-state index >= 15 is 0 Å². The number of hydrogen-bond acceptors (Lipinski definition) is 1. The van der Waals surface area contributed by atoms with E-state index in [1.165, 1.54) is 11.1 Å². The molecule has 16 heavy (non-hydrogen) atoms. The quantitative estimate of drug-likeness (QED) is 0.784. The first-order chi connectivity index (χ1) is 7.67. The third-order valence-electron chi connectivity index (χ3n) is 2.97. The maximum Gasteiger partial charge on any atom is 0.0208 e. The van der Waals surface area contributed by atoms with E-state index in [2.05, 4.69) is 66.3 Å². The van der Waals surface area contributed by atoms with Gasteiger partial charge in [0.05, 0.1) is 0 Å². The highest BCUT2D eigenvalue weighted by atomic mass is 79.9. The molecule has 1 aromatic carbocycles. The van der Waals surface area contributed by atoms with Crippen LogP contribution in [0.2, 0.25) is 0 Å². The molecule has 0 aliphatic heterocycles. The van der Waals surface area contributed by atoms with Crippen molar-refractivity contribution in [3.8, 4) is 0 Å². The fraction of sp³-hybridized carbons (Fsp3) is 0.571. The summed E-state index contributed by atoms with van der Waals surface area (Å²) in [7, 11) is 0. The molecule has 1 atom stereocenters. The summed E-state index contributed by atoms with van der Waals surface area (Å²) in [6.45, 7) is 7.64. The average Bonchev–Trinajstić information content (AvgIpc) is 2.30. The molecule has 0 aliphatic carbocycles. The molecule has 0 radical (unpaired) electrons. The van der Waals surface area contributed by atoms with Gasteiger partial charge in [0.2, 0.25) is 0 Å². The Labute approximate surface area is 108 Å². The summed E-state index contributed by atoms with van der Waals surface area (Å²) in [5, 5.41) is 4.59. The Morgan fingerprint density at radius 1 is 1.12 bits per heavy atom. The van der Waals surface area contributed by atoms with Gasteiger partial charge in [0.25, 0.3) is 0 Å². The van der Waals surface area contributed by atoms with Crippen molar-refractivity contribution < 1.29 is 0 Å². The van der Waals surface area contributed by atoms with Crippen LogP contribution in [-0.2, 0) is 13.0 Å². The predicted octanol–water partition coefficient (Wildman–Crippen LogP) is 3.76. The summed E-state index contributed by atoms with van der Waals surface area (Å²) in [4.78, 5) is 0. The zero-order chi connectivity index (χ0) is 12.0. The highest BCUT2D eigenvalue weighted by Crippen LogP contribution is 2.08. The van der Waals surface area contributed by atoms with Crippen molar-refractivity contribution in [1.82, 2.24) is 5.32 Å². The maximum atomic E-state index is 3.58. The van der Waals surface area contributed by atoms with Crippen LogP contribution in [0.25, 0.3) is 0 Å². The predicted molar refractivity (Wildman–Crippen MR) is 75.1 cm³/mol. The number of halogens is 1. The summed E-state index contributed by atoms with van der Waals surface area (Å²) in [5.74, 6) is 0.661. The summed E-state index contributed by atoms with van der Waals surface area (Å²) in [6.07, 6.45) is 1.11. The Morgan fingerprint density at radius 2 is 1.69 bits per heavy atom. The Bertz CT molecular complexity index is 292. The van der Waals surface area contributed by atoms with Gasteiger partial charge in [-0.25, -0.2) is 0 Å². The zero-order valence-electron chi connectivity index (χ0n) is 10.5. The number of benzene rings is 1. The smallest absolute Gasteiger partial charge is 0.0208 e. The van der Waals surface area contributed by atoms with Crippen molar-refractivity contribution in [2.24, 2.45) is 5.92 Å². The fourth-order valence-electron chi connectivity index (χ4n) is 1.61. The van der Waals surface area contributed by atoms with E-state index in [1.807, 2.05) is 0 Å². The summed E-state index contributed by atoms with van der Waals surface area (Å²) in [5.41, 5.74) is 2.77. The highest BCUT2D eigenvalue weighted by molar-refractivity contribution is 9.09. The third-order valence-corrected chi connectivity index (χ3v) is 3.67. The molecule has 1 N–H and O–H groups in total. The van der Waals surface area contributed by atoms with Crippen LogP contribution in [0.15, 0.2) is 24.3 Å². The van der Waals surface area contributed by atoms with Crippen molar-refractivity contribution in [3.63, 3.8) is 0 Å². The van der Waals surface area contributed by atoms with Crippen LogP contribution in [0.3, 0.4) is 0 Å². The molecule has 0 saturated carbocycles. The SMILES string of the molecule is CCc1ccc(CNC(CBr)C(C)C)cc1. The van der Waals surface area contributed by atoms with Crippen molar-refractivity contribution in [1.29, 1.82) is 0 Å². The lowest BCUT2D eigenvalue weighted by atomic mass is 10.1. The topological polar surface area (TPSA) is 12.0 Å². The van der Waals surface area contributed by atoms with Gasteiger partial charge in [-0.1, -0.05) is 61.0 Å². The third kappa shape index (κ3) is 4.26. The lowest BCUT2D eigenvalue weighted by molar-refractivity contribution is 0.434. The first-order valence-corrected chi connectivity index (χ1v) is 7.16. The lowest BCUT2D eigenvalue weighted by Gasteiger charge is -2.20. The van der Waals surface area contributed by atoms with Gasteiger partial charge >= 0.3 is 0 Å². The molecule has 0 saturated heterocycles. The molecule has 0 heterocycles. The lowest BCUT2D eigenvalue weighted by Crippen LogP contribution is -2.34. The van der Waals surface area contributed by atoms with Crippen molar-refractivity contribution in [2.45, 2.75) is 39.8 Å². The molecule has 0 bridgehead atoms. The molecule has 1 rings (SSSR count). The number of hydrogen-bond donors (Lipinski definition) is 1. The van der Waals surface area contributed by atoms with E-state index in [0.717, 1.165) is 18.3 Å². The number of alkyl halides is 1. The molecule has 1 unspecified atom stereocenters. The van der Waals surface area contributed by atoms with Gasteiger partial charge < -0.3 is 5.32 Å². The molecule has 90 valence electrons. The van der Waals surface area contributed by atoms with Crippen LogP contribution in [0.4, 0.5) is 0 Å². The average molecular weight is 284 g/mol. The van der Waals surface area contributed by atoms with E-state index in [0.29, 0.717) is 12.0 Å². The minimum Gasteiger partial charge on any atom is -0.309 e. The second-order valence-corrected chi connectivity index (χ2v) is 5.20. The zero-order valence-corrected chi connectivity index (χ0v) is 12.0. The van der Waals surface area contributed by atoms with Gasteiger partial charge in [-0.2, -0.15) is 0 Å². The molecule has 1 aromatic rings. The van der Waals surface area contributed by atoms with E-state index in [-0.39, 0.29) is 0 Å². The van der Waals surface area contributed by atoms with E-state index in [9.17, 15) is 0 Å².